The van der Waals surface area contributed by atoms with Crippen molar-refractivity contribution in [2.75, 3.05) is 0 Å². The van der Waals surface area contributed by atoms with Crippen LogP contribution in [0.25, 0.3) is 0 Å². The lowest BCUT2D eigenvalue weighted by Gasteiger charge is -2.09. The molecule has 17 heavy (non-hydrogen) atoms. The summed E-state index contributed by atoms with van der Waals surface area (Å²) in [6.07, 6.45) is 2.40. The average molecular weight is 267 g/mol. The number of hydrogen-bond acceptors (Lipinski definition) is 2. The van der Waals surface area contributed by atoms with E-state index in [4.69, 9.17) is 11.6 Å². The number of aliphatic hydroxyl groups excluding tert-OH is 1. The lowest BCUT2D eigenvalue weighted by atomic mass is 10.0. The van der Waals surface area contributed by atoms with Gasteiger partial charge in [0.1, 0.15) is 0 Å². The number of hydrogen-bond donors (Lipinski definition) is 1. The highest BCUT2D eigenvalue weighted by molar-refractivity contribution is 7.16. The van der Waals surface area contributed by atoms with Crippen LogP contribution < -0.4 is 0 Å². The number of halogens is 1. The predicted molar refractivity (Wildman–Crippen MR) is 73.7 cm³/mol. The summed E-state index contributed by atoms with van der Waals surface area (Å²) in [5.74, 6) is 0. The van der Waals surface area contributed by atoms with Crippen molar-refractivity contribution >= 4 is 22.9 Å². The van der Waals surface area contributed by atoms with E-state index in [0.717, 1.165) is 29.2 Å². The molecule has 0 aliphatic heterocycles. The molecule has 0 bridgehead atoms. The lowest BCUT2D eigenvalue weighted by molar-refractivity contribution is 0.165. The third-order valence-electron chi connectivity index (χ3n) is 2.71. The summed E-state index contributed by atoms with van der Waals surface area (Å²) in [7, 11) is 0. The van der Waals surface area contributed by atoms with Gasteiger partial charge in [-0.3, -0.25) is 0 Å². The van der Waals surface area contributed by atoms with Crippen molar-refractivity contribution in [2.24, 2.45) is 0 Å². The Labute approximate surface area is 111 Å². The second kappa shape index (κ2) is 6.20. The SMILES string of the molecule is OC(CCCc1ccc(Cl)s1)c1ccccc1. The molecule has 0 radical (unpaired) electrons. The summed E-state index contributed by atoms with van der Waals surface area (Å²) in [6, 6.07) is 13.8. The van der Waals surface area contributed by atoms with Crippen LogP contribution in [0.4, 0.5) is 0 Å². The molecule has 0 aliphatic rings. The van der Waals surface area contributed by atoms with Crippen LogP contribution in [-0.4, -0.2) is 5.11 Å². The molecule has 1 unspecified atom stereocenters. The van der Waals surface area contributed by atoms with Crippen LogP contribution >= 0.6 is 22.9 Å². The minimum atomic E-state index is -0.355. The van der Waals surface area contributed by atoms with Gasteiger partial charge in [0.2, 0.25) is 0 Å². The van der Waals surface area contributed by atoms with E-state index in [1.165, 1.54) is 4.88 Å². The Bertz CT molecular complexity index is 452. The second-order valence-corrected chi connectivity index (χ2v) is 5.82. The number of rotatable bonds is 5. The van der Waals surface area contributed by atoms with Crippen molar-refractivity contribution in [2.45, 2.75) is 25.4 Å². The van der Waals surface area contributed by atoms with E-state index >= 15 is 0 Å². The van der Waals surface area contributed by atoms with Crippen LogP contribution in [0.3, 0.4) is 0 Å². The maximum absolute atomic E-state index is 9.98. The van der Waals surface area contributed by atoms with Gasteiger partial charge < -0.3 is 5.11 Å². The zero-order chi connectivity index (χ0) is 12.1. The highest BCUT2D eigenvalue weighted by Crippen LogP contribution is 2.24. The molecule has 1 aromatic carbocycles. The fourth-order valence-corrected chi connectivity index (χ4v) is 2.93. The van der Waals surface area contributed by atoms with E-state index in [0.29, 0.717) is 0 Å². The largest absolute Gasteiger partial charge is 0.388 e. The van der Waals surface area contributed by atoms with Crippen LogP contribution in [0, 0.1) is 0 Å². The molecule has 1 nitrogen and oxygen atoms in total. The van der Waals surface area contributed by atoms with Crippen molar-refractivity contribution in [3.05, 3.63) is 57.2 Å². The summed E-state index contributed by atoms with van der Waals surface area (Å²) in [4.78, 5) is 1.29. The zero-order valence-corrected chi connectivity index (χ0v) is 11.0. The van der Waals surface area contributed by atoms with Crippen LogP contribution in [0.1, 0.15) is 29.4 Å². The van der Waals surface area contributed by atoms with Crippen molar-refractivity contribution in [1.29, 1.82) is 0 Å². The third-order valence-corrected chi connectivity index (χ3v) is 4.00. The van der Waals surface area contributed by atoms with Gasteiger partial charge in [-0.1, -0.05) is 41.9 Å². The highest BCUT2D eigenvalue weighted by Gasteiger charge is 2.06. The van der Waals surface area contributed by atoms with E-state index in [9.17, 15) is 5.11 Å². The second-order valence-electron chi connectivity index (χ2n) is 4.02. The maximum atomic E-state index is 9.98. The van der Waals surface area contributed by atoms with E-state index < -0.39 is 0 Å². The van der Waals surface area contributed by atoms with Gasteiger partial charge in [-0.15, -0.1) is 11.3 Å². The number of benzene rings is 1. The molecule has 2 aromatic rings. The molecular weight excluding hydrogens is 252 g/mol. The Morgan fingerprint density at radius 3 is 2.53 bits per heavy atom. The van der Waals surface area contributed by atoms with Gasteiger partial charge in [0.25, 0.3) is 0 Å². The van der Waals surface area contributed by atoms with Gasteiger partial charge in [-0.2, -0.15) is 0 Å². The van der Waals surface area contributed by atoms with Crippen molar-refractivity contribution < 1.29 is 5.11 Å². The highest BCUT2D eigenvalue weighted by atomic mass is 35.5. The van der Waals surface area contributed by atoms with E-state index in [1.54, 1.807) is 11.3 Å². The molecule has 1 atom stereocenters. The number of thiophene rings is 1. The molecule has 0 saturated heterocycles. The molecule has 2 rings (SSSR count). The van der Waals surface area contributed by atoms with Crippen molar-refractivity contribution in [3.8, 4) is 0 Å². The Morgan fingerprint density at radius 2 is 1.88 bits per heavy atom. The van der Waals surface area contributed by atoms with E-state index in [2.05, 4.69) is 6.07 Å². The smallest absolute Gasteiger partial charge is 0.0931 e. The minimum Gasteiger partial charge on any atom is -0.388 e. The summed E-state index contributed by atoms with van der Waals surface area (Å²) in [6.45, 7) is 0. The predicted octanol–water partition coefficient (Wildman–Crippen LogP) is 4.46. The maximum Gasteiger partial charge on any atom is 0.0931 e. The average Bonchev–Trinajstić information content (AvgIpc) is 2.76. The molecule has 1 aromatic heterocycles. The summed E-state index contributed by atoms with van der Waals surface area (Å²) < 4.78 is 0.837. The molecule has 1 heterocycles. The Balaban J connectivity index is 1.79. The number of aryl methyl sites for hydroxylation is 1. The Morgan fingerprint density at radius 1 is 1.12 bits per heavy atom. The molecule has 0 aliphatic carbocycles. The Hall–Kier alpha value is -0.830. The van der Waals surface area contributed by atoms with Crippen LogP contribution in [0.15, 0.2) is 42.5 Å². The molecule has 0 fully saturated rings. The first-order chi connectivity index (χ1) is 8.25. The lowest BCUT2D eigenvalue weighted by Crippen LogP contribution is -1.97. The fourth-order valence-electron chi connectivity index (χ4n) is 1.80. The van der Waals surface area contributed by atoms with E-state index in [1.807, 2.05) is 36.4 Å². The molecule has 1 N–H and O–H groups in total. The quantitative estimate of drug-likeness (QED) is 0.847. The molecule has 3 heteroatoms. The minimum absolute atomic E-state index is 0.355. The van der Waals surface area contributed by atoms with Crippen LogP contribution in [0.2, 0.25) is 4.34 Å². The first kappa shape index (κ1) is 12.6. The Kier molecular flexibility index (Phi) is 4.60. The summed E-state index contributed by atoms with van der Waals surface area (Å²) in [5, 5.41) is 9.98. The van der Waals surface area contributed by atoms with Crippen molar-refractivity contribution in [1.82, 2.24) is 0 Å². The molecule has 0 amide bonds. The summed E-state index contributed by atoms with van der Waals surface area (Å²) in [5.41, 5.74) is 0.997. The monoisotopic (exact) mass is 266 g/mol. The fraction of sp³-hybridized carbons (Fsp3) is 0.286. The van der Waals surface area contributed by atoms with Gasteiger partial charge in [-0.25, -0.2) is 0 Å². The molecule has 0 saturated carbocycles. The van der Waals surface area contributed by atoms with Gasteiger partial charge in [0.05, 0.1) is 10.4 Å². The van der Waals surface area contributed by atoms with Gasteiger partial charge in [0.15, 0.2) is 0 Å². The summed E-state index contributed by atoms with van der Waals surface area (Å²) >= 11 is 7.49. The standard InChI is InChI=1S/C14H15ClOS/c15-14-10-9-12(17-14)7-4-8-13(16)11-5-2-1-3-6-11/h1-3,5-6,9-10,13,16H,4,7-8H2. The molecule has 90 valence electrons. The van der Waals surface area contributed by atoms with E-state index in [-0.39, 0.29) is 6.10 Å². The first-order valence-electron chi connectivity index (χ1n) is 5.73. The van der Waals surface area contributed by atoms with Gasteiger partial charge in [0, 0.05) is 4.88 Å². The molecular formula is C14H15ClOS. The third kappa shape index (κ3) is 3.84. The first-order valence-corrected chi connectivity index (χ1v) is 6.92. The van der Waals surface area contributed by atoms with Crippen LogP contribution in [0.5, 0.6) is 0 Å². The van der Waals surface area contributed by atoms with Gasteiger partial charge in [-0.05, 0) is 37.0 Å². The normalized spacial score (nSPS) is 12.6. The zero-order valence-electron chi connectivity index (χ0n) is 9.47. The van der Waals surface area contributed by atoms with Crippen LogP contribution in [-0.2, 0) is 6.42 Å². The van der Waals surface area contributed by atoms with Gasteiger partial charge >= 0.3 is 0 Å². The molecule has 0 spiro atoms. The topological polar surface area (TPSA) is 20.2 Å². The number of aliphatic hydroxyl groups is 1. The van der Waals surface area contributed by atoms with Crippen molar-refractivity contribution in [3.63, 3.8) is 0 Å².